The van der Waals surface area contributed by atoms with E-state index in [-0.39, 0.29) is 23.5 Å². The average Bonchev–Trinajstić information content (AvgIpc) is 2.93. The van der Waals surface area contributed by atoms with Crippen molar-refractivity contribution in [2.45, 2.75) is 46.6 Å². The summed E-state index contributed by atoms with van der Waals surface area (Å²) in [5.74, 6) is 1.50. The van der Waals surface area contributed by atoms with E-state index in [1.807, 2.05) is 38.1 Å². The molecular formula is C23H31N3O3. The van der Waals surface area contributed by atoms with E-state index >= 15 is 0 Å². The smallest absolute Gasteiger partial charge is 0.227 e. The highest BCUT2D eigenvalue weighted by molar-refractivity contribution is 6.01. The highest BCUT2D eigenvalue weighted by Gasteiger charge is 2.37. The number of aryl methyl sites for hydroxylation is 1. The normalized spacial score (nSPS) is 15.4. The molecule has 0 aliphatic heterocycles. The molecule has 0 saturated heterocycles. The van der Waals surface area contributed by atoms with Crippen LogP contribution in [-0.2, 0) is 24.2 Å². The first-order valence-electron chi connectivity index (χ1n) is 10.1. The molecule has 0 atom stereocenters. The Morgan fingerprint density at radius 1 is 1.24 bits per heavy atom. The molecule has 156 valence electrons. The van der Waals surface area contributed by atoms with Gasteiger partial charge in [-0.25, -0.2) is 0 Å². The van der Waals surface area contributed by atoms with E-state index in [9.17, 15) is 9.59 Å². The molecule has 2 aromatic heterocycles. The molecule has 0 spiro atoms. The van der Waals surface area contributed by atoms with Gasteiger partial charge in [-0.1, -0.05) is 19.9 Å². The zero-order chi connectivity index (χ0) is 21.2. The molecule has 2 heterocycles. The molecule has 0 saturated carbocycles. The molecule has 0 fully saturated rings. The predicted octanol–water partition coefficient (Wildman–Crippen LogP) is 3.27. The molecule has 29 heavy (non-hydrogen) atoms. The summed E-state index contributed by atoms with van der Waals surface area (Å²) in [6.45, 7) is 7.89. The summed E-state index contributed by atoms with van der Waals surface area (Å²) in [5, 5.41) is 0. The van der Waals surface area contributed by atoms with E-state index in [0.717, 1.165) is 29.9 Å². The third kappa shape index (κ3) is 5.12. The van der Waals surface area contributed by atoms with Crippen molar-refractivity contribution < 1.29 is 14.0 Å². The van der Waals surface area contributed by atoms with Crippen molar-refractivity contribution in [2.75, 3.05) is 27.2 Å². The van der Waals surface area contributed by atoms with Crippen molar-refractivity contribution in [3.05, 3.63) is 52.7 Å². The van der Waals surface area contributed by atoms with Crippen LogP contribution in [-0.4, -0.2) is 53.7 Å². The van der Waals surface area contributed by atoms with Gasteiger partial charge < -0.3 is 14.2 Å². The number of amides is 1. The number of carbonyl (C=O) groups excluding carboxylic acids is 2. The number of hydrogen-bond acceptors (Lipinski definition) is 5. The van der Waals surface area contributed by atoms with Crippen molar-refractivity contribution in [2.24, 2.45) is 5.41 Å². The van der Waals surface area contributed by atoms with Gasteiger partial charge in [-0.05, 0) is 38.1 Å². The highest BCUT2D eigenvalue weighted by Crippen LogP contribution is 2.38. The van der Waals surface area contributed by atoms with E-state index in [2.05, 4.69) is 23.7 Å². The van der Waals surface area contributed by atoms with Crippen molar-refractivity contribution in [3.8, 4) is 0 Å². The van der Waals surface area contributed by atoms with E-state index < -0.39 is 0 Å². The lowest BCUT2D eigenvalue weighted by Gasteiger charge is -2.28. The van der Waals surface area contributed by atoms with Crippen LogP contribution < -0.4 is 0 Å². The summed E-state index contributed by atoms with van der Waals surface area (Å²) >= 11 is 0. The second kappa shape index (κ2) is 8.49. The van der Waals surface area contributed by atoms with Gasteiger partial charge in [0.25, 0.3) is 0 Å². The summed E-state index contributed by atoms with van der Waals surface area (Å²) in [7, 11) is 3.98. The van der Waals surface area contributed by atoms with Crippen molar-refractivity contribution >= 4 is 11.7 Å². The maximum Gasteiger partial charge on any atom is 0.227 e. The summed E-state index contributed by atoms with van der Waals surface area (Å²) in [4.78, 5) is 34.1. The zero-order valence-corrected chi connectivity index (χ0v) is 18.1. The molecule has 2 aromatic rings. The van der Waals surface area contributed by atoms with Gasteiger partial charge in [0.2, 0.25) is 5.91 Å². The minimum atomic E-state index is -0.103. The largest absolute Gasteiger partial charge is 0.465 e. The molecule has 0 N–H and O–H groups in total. The number of Topliss-reactive ketones (excluding diaryl/α,β-unsaturated/α-hetero) is 1. The lowest BCUT2D eigenvalue weighted by atomic mass is 9.75. The van der Waals surface area contributed by atoms with Crippen molar-refractivity contribution in [3.63, 3.8) is 0 Å². The first-order valence-corrected chi connectivity index (χ1v) is 10.1. The van der Waals surface area contributed by atoms with Gasteiger partial charge in [-0.3, -0.25) is 14.6 Å². The van der Waals surface area contributed by atoms with Crippen LogP contribution in [0.5, 0.6) is 0 Å². The van der Waals surface area contributed by atoms with Crippen LogP contribution in [0.25, 0.3) is 0 Å². The molecule has 0 unspecified atom stereocenters. The molecule has 0 radical (unpaired) electrons. The SMILES string of the molecule is Cc1oc2c(c1CC(=O)N(CCN(C)C)Cc1cccnc1)C(=O)CC(C)(C)C2. The first kappa shape index (κ1) is 21.2. The number of nitrogens with zero attached hydrogens (tertiary/aromatic N) is 3. The summed E-state index contributed by atoms with van der Waals surface area (Å²) in [6, 6.07) is 3.85. The van der Waals surface area contributed by atoms with Crippen LogP contribution in [0.4, 0.5) is 0 Å². The van der Waals surface area contributed by atoms with E-state index in [0.29, 0.717) is 30.8 Å². The van der Waals surface area contributed by atoms with Gasteiger partial charge in [-0.15, -0.1) is 0 Å². The summed E-state index contributed by atoms with van der Waals surface area (Å²) in [6.07, 6.45) is 4.91. The van der Waals surface area contributed by atoms with Gasteiger partial charge in [0, 0.05) is 50.4 Å². The maximum absolute atomic E-state index is 13.2. The number of hydrogen-bond donors (Lipinski definition) is 0. The molecule has 1 amide bonds. The molecule has 1 aliphatic rings. The Hall–Kier alpha value is -2.47. The van der Waals surface area contributed by atoms with Crippen LogP contribution in [0.1, 0.15) is 53.3 Å². The first-order chi connectivity index (χ1) is 13.7. The Balaban J connectivity index is 1.82. The maximum atomic E-state index is 13.2. The Morgan fingerprint density at radius 2 is 2.00 bits per heavy atom. The number of pyridine rings is 1. The van der Waals surface area contributed by atoms with Gasteiger partial charge in [0.05, 0.1) is 12.0 Å². The molecule has 0 aromatic carbocycles. The van der Waals surface area contributed by atoms with E-state index in [1.54, 1.807) is 12.4 Å². The summed E-state index contributed by atoms with van der Waals surface area (Å²) in [5.41, 5.74) is 2.28. The second-order valence-electron chi connectivity index (χ2n) is 9.03. The van der Waals surface area contributed by atoms with E-state index in [4.69, 9.17) is 4.42 Å². The number of furan rings is 1. The predicted molar refractivity (Wildman–Crippen MR) is 112 cm³/mol. The zero-order valence-electron chi connectivity index (χ0n) is 18.1. The fourth-order valence-corrected chi connectivity index (χ4v) is 3.91. The van der Waals surface area contributed by atoms with Gasteiger partial charge in [0.1, 0.15) is 11.5 Å². The third-order valence-corrected chi connectivity index (χ3v) is 5.43. The minimum absolute atomic E-state index is 0.0000340. The molecule has 3 rings (SSSR count). The van der Waals surface area contributed by atoms with E-state index in [1.165, 1.54) is 0 Å². The molecule has 6 nitrogen and oxygen atoms in total. The Bertz CT molecular complexity index is 884. The number of aromatic nitrogens is 1. The van der Waals surface area contributed by atoms with Crippen molar-refractivity contribution in [1.29, 1.82) is 0 Å². The Morgan fingerprint density at radius 3 is 2.66 bits per heavy atom. The number of rotatable bonds is 7. The van der Waals surface area contributed by atoms with Crippen LogP contribution in [0, 0.1) is 12.3 Å². The number of ketones is 1. The van der Waals surface area contributed by atoms with Gasteiger partial charge >= 0.3 is 0 Å². The highest BCUT2D eigenvalue weighted by atomic mass is 16.3. The fourth-order valence-electron chi connectivity index (χ4n) is 3.91. The fraction of sp³-hybridized carbons (Fsp3) is 0.522. The van der Waals surface area contributed by atoms with Gasteiger partial charge in [-0.2, -0.15) is 0 Å². The van der Waals surface area contributed by atoms with Crippen LogP contribution >= 0.6 is 0 Å². The third-order valence-electron chi connectivity index (χ3n) is 5.43. The quantitative estimate of drug-likeness (QED) is 0.717. The lowest BCUT2D eigenvalue weighted by Crippen LogP contribution is -2.37. The summed E-state index contributed by atoms with van der Waals surface area (Å²) < 4.78 is 5.93. The van der Waals surface area contributed by atoms with Crippen LogP contribution in [0.15, 0.2) is 28.9 Å². The minimum Gasteiger partial charge on any atom is -0.465 e. The van der Waals surface area contributed by atoms with Crippen LogP contribution in [0.2, 0.25) is 0 Å². The number of fused-ring (bicyclic) bond motifs is 1. The molecule has 0 bridgehead atoms. The molecular weight excluding hydrogens is 366 g/mol. The standard InChI is InChI=1S/C23H31N3O3/c1-16-18(22-19(27)12-23(2,3)13-20(22)29-16)11-21(28)26(10-9-25(4)5)15-17-7-6-8-24-14-17/h6-8,14H,9-13,15H2,1-5H3. The topological polar surface area (TPSA) is 66.7 Å². The Kier molecular flexibility index (Phi) is 6.22. The van der Waals surface area contributed by atoms with Gasteiger partial charge in [0.15, 0.2) is 5.78 Å². The lowest BCUT2D eigenvalue weighted by molar-refractivity contribution is -0.131. The monoisotopic (exact) mass is 397 g/mol. The Labute approximate surface area is 172 Å². The average molecular weight is 398 g/mol. The van der Waals surface area contributed by atoms with Crippen LogP contribution in [0.3, 0.4) is 0 Å². The number of likely N-dealkylation sites (N-methyl/N-ethyl adjacent to an activating group) is 1. The number of carbonyl (C=O) groups is 2. The second-order valence-corrected chi connectivity index (χ2v) is 9.03. The van der Waals surface area contributed by atoms with Crippen molar-refractivity contribution in [1.82, 2.24) is 14.8 Å². The molecule has 6 heteroatoms. The molecule has 1 aliphatic carbocycles.